The van der Waals surface area contributed by atoms with E-state index in [9.17, 15) is 5.26 Å². The van der Waals surface area contributed by atoms with Crippen LogP contribution >= 0.6 is 0 Å². The molecule has 118 valence electrons. The van der Waals surface area contributed by atoms with Crippen molar-refractivity contribution in [3.63, 3.8) is 0 Å². The summed E-state index contributed by atoms with van der Waals surface area (Å²) < 4.78 is 5.31. The van der Waals surface area contributed by atoms with Crippen LogP contribution in [-0.2, 0) is 5.41 Å². The highest BCUT2D eigenvalue weighted by Crippen LogP contribution is 2.40. The summed E-state index contributed by atoms with van der Waals surface area (Å²) in [4.78, 5) is 0. The number of rotatable bonds is 4. The summed E-state index contributed by atoms with van der Waals surface area (Å²) in [7, 11) is 1.67. The number of hydrogen-bond donors (Lipinski definition) is 1. The van der Waals surface area contributed by atoms with Crippen molar-refractivity contribution in [1.82, 2.24) is 0 Å². The Morgan fingerprint density at radius 3 is 2.48 bits per heavy atom. The molecule has 3 nitrogen and oxygen atoms in total. The Balaban J connectivity index is 1.71. The molecule has 0 bridgehead atoms. The summed E-state index contributed by atoms with van der Waals surface area (Å²) in [5, 5.41) is 13.4. The Labute approximate surface area is 137 Å². The molecular weight excluding hydrogens is 284 g/mol. The molecular formula is C20H22N2O. The van der Waals surface area contributed by atoms with Crippen LogP contribution in [0.5, 0.6) is 5.75 Å². The summed E-state index contributed by atoms with van der Waals surface area (Å²) in [6.07, 6.45) is 3.75. The van der Waals surface area contributed by atoms with Crippen molar-refractivity contribution in [2.45, 2.75) is 37.1 Å². The van der Waals surface area contributed by atoms with Crippen molar-refractivity contribution < 1.29 is 4.74 Å². The molecule has 0 saturated heterocycles. The second-order valence-corrected chi connectivity index (χ2v) is 6.21. The number of methoxy groups -OCH3 is 1. The van der Waals surface area contributed by atoms with E-state index in [1.165, 1.54) is 0 Å². The summed E-state index contributed by atoms with van der Waals surface area (Å²) in [5.41, 5.74) is 1.85. The van der Waals surface area contributed by atoms with E-state index >= 15 is 0 Å². The monoisotopic (exact) mass is 306 g/mol. The first-order valence-corrected chi connectivity index (χ1v) is 8.13. The number of hydrogen-bond acceptors (Lipinski definition) is 3. The number of ether oxygens (including phenoxy) is 1. The number of nitriles is 1. The predicted molar refractivity (Wildman–Crippen MR) is 92.6 cm³/mol. The lowest BCUT2D eigenvalue weighted by atomic mass is 9.69. The van der Waals surface area contributed by atoms with Crippen LogP contribution in [0.2, 0.25) is 0 Å². The molecule has 2 aromatic carbocycles. The fourth-order valence-electron chi connectivity index (χ4n) is 3.41. The first-order chi connectivity index (χ1) is 11.3. The molecule has 23 heavy (non-hydrogen) atoms. The predicted octanol–water partition coefficient (Wildman–Crippen LogP) is 4.51. The van der Waals surface area contributed by atoms with Gasteiger partial charge in [-0.05, 0) is 55.5 Å². The zero-order valence-corrected chi connectivity index (χ0v) is 13.5. The minimum Gasteiger partial charge on any atom is -0.497 e. The molecule has 2 aromatic rings. The third kappa shape index (κ3) is 3.32. The van der Waals surface area contributed by atoms with Gasteiger partial charge in [0.05, 0.1) is 18.6 Å². The van der Waals surface area contributed by atoms with Crippen LogP contribution in [0, 0.1) is 11.3 Å². The Kier molecular flexibility index (Phi) is 4.52. The average molecular weight is 306 g/mol. The van der Waals surface area contributed by atoms with Crippen molar-refractivity contribution in [1.29, 1.82) is 5.26 Å². The van der Waals surface area contributed by atoms with E-state index in [0.717, 1.165) is 42.7 Å². The van der Waals surface area contributed by atoms with Crippen LogP contribution in [0.25, 0.3) is 0 Å². The van der Waals surface area contributed by atoms with Gasteiger partial charge < -0.3 is 10.1 Å². The normalized spacial score (nSPS) is 23.7. The first kappa shape index (κ1) is 15.4. The highest BCUT2D eigenvalue weighted by atomic mass is 16.5. The molecule has 1 fully saturated rings. The number of benzene rings is 2. The van der Waals surface area contributed by atoms with Crippen molar-refractivity contribution in [3.05, 3.63) is 60.2 Å². The average Bonchev–Trinajstić information content (AvgIpc) is 2.63. The van der Waals surface area contributed by atoms with Crippen LogP contribution in [0.1, 0.15) is 31.2 Å². The lowest BCUT2D eigenvalue weighted by Gasteiger charge is -2.36. The van der Waals surface area contributed by atoms with Crippen LogP contribution in [0.15, 0.2) is 54.6 Å². The van der Waals surface area contributed by atoms with Gasteiger partial charge in [-0.25, -0.2) is 0 Å². The highest BCUT2D eigenvalue weighted by Gasteiger charge is 2.37. The SMILES string of the molecule is COc1cccc([C@]2(C#N)CC[C@@H](Nc3ccccc3)CC2)c1. The van der Waals surface area contributed by atoms with Crippen LogP contribution in [-0.4, -0.2) is 13.2 Å². The molecule has 0 spiro atoms. The van der Waals surface area contributed by atoms with Crippen LogP contribution in [0.3, 0.4) is 0 Å². The van der Waals surface area contributed by atoms with Crippen LogP contribution < -0.4 is 10.1 Å². The van der Waals surface area contributed by atoms with Gasteiger partial charge >= 0.3 is 0 Å². The maximum Gasteiger partial charge on any atom is 0.119 e. The molecule has 1 aliphatic carbocycles. The van der Waals surface area contributed by atoms with E-state index in [1.807, 2.05) is 36.4 Å². The Morgan fingerprint density at radius 1 is 1.09 bits per heavy atom. The van der Waals surface area contributed by atoms with Gasteiger partial charge in [-0.1, -0.05) is 30.3 Å². The summed E-state index contributed by atoms with van der Waals surface area (Å²) >= 11 is 0. The molecule has 1 N–H and O–H groups in total. The number of para-hydroxylation sites is 1. The lowest BCUT2D eigenvalue weighted by Crippen LogP contribution is -2.35. The molecule has 0 heterocycles. The van der Waals surface area contributed by atoms with Crippen molar-refractivity contribution in [3.8, 4) is 11.8 Å². The molecule has 1 saturated carbocycles. The van der Waals surface area contributed by atoms with Gasteiger partial charge in [0.1, 0.15) is 5.75 Å². The number of nitrogens with one attached hydrogen (secondary N) is 1. The Morgan fingerprint density at radius 2 is 1.83 bits per heavy atom. The molecule has 1 aliphatic rings. The van der Waals surface area contributed by atoms with Gasteiger partial charge in [-0.15, -0.1) is 0 Å². The van der Waals surface area contributed by atoms with E-state index in [-0.39, 0.29) is 5.41 Å². The molecule has 0 amide bonds. The third-order valence-corrected chi connectivity index (χ3v) is 4.82. The van der Waals surface area contributed by atoms with E-state index in [1.54, 1.807) is 7.11 Å². The zero-order valence-electron chi connectivity index (χ0n) is 13.5. The van der Waals surface area contributed by atoms with Gasteiger partial charge in [0.15, 0.2) is 0 Å². The molecule has 3 rings (SSSR count). The molecule has 0 unspecified atom stereocenters. The van der Waals surface area contributed by atoms with Gasteiger partial charge in [0.2, 0.25) is 0 Å². The highest BCUT2D eigenvalue weighted by molar-refractivity contribution is 5.44. The van der Waals surface area contributed by atoms with Gasteiger partial charge in [0.25, 0.3) is 0 Å². The van der Waals surface area contributed by atoms with Crippen LogP contribution in [0.4, 0.5) is 5.69 Å². The van der Waals surface area contributed by atoms with Crippen molar-refractivity contribution in [2.75, 3.05) is 12.4 Å². The smallest absolute Gasteiger partial charge is 0.119 e. The minimum atomic E-state index is -0.386. The lowest BCUT2D eigenvalue weighted by molar-refractivity contribution is 0.342. The third-order valence-electron chi connectivity index (χ3n) is 4.82. The van der Waals surface area contributed by atoms with Gasteiger partial charge in [-0.3, -0.25) is 0 Å². The van der Waals surface area contributed by atoms with Crippen molar-refractivity contribution >= 4 is 5.69 Å². The maximum atomic E-state index is 9.82. The van der Waals surface area contributed by atoms with Gasteiger partial charge in [-0.2, -0.15) is 5.26 Å². The topological polar surface area (TPSA) is 45.0 Å². The Hall–Kier alpha value is -2.47. The quantitative estimate of drug-likeness (QED) is 0.904. The zero-order chi connectivity index (χ0) is 16.1. The maximum absolute atomic E-state index is 9.82. The van der Waals surface area contributed by atoms with E-state index in [2.05, 4.69) is 29.6 Å². The number of nitrogens with zero attached hydrogens (tertiary/aromatic N) is 1. The molecule has 3 heteroatoms. The fraction of sp³-hybridized carbons (Fsp3) is 0.350. The Bertz CT molecular complexity index is 682. The largest absolute Gasteiger partial charge is 0.497 e. The van der Waals surface area contributed by atoms with Crippen molar-refractivity contribution in [2.24, 2.45) is 0 Å². The second-order valence-electron chi connectivity index (χ2n) is 6.21. The minimum absolute atomic E-state index is 0.386. The molecule has 0 radical (unpaired) electrons. The molecule has 0 aliphatic heterocycles. The van der Waals surface area contributed by atoms with E-state index in [4.69, 9.17) is 4.74 Å². The number of anilines is 1. The molecule has 0 aromatic heterocycles. The molecule has 0 atom stereocenters. The van der Waals surface area contributed by atoms with E-state index in [0.29, 0.717) is 6.04 Å². The fourth-order valence-corrected chi connectivity index (χ4v) is 3.41. The van der Waals surface area contributed by atoms with E-state index < -0.39 is 0 Å². The van der Waals surface area contributed by atoms with Gasteiger partial charge in [0, 0.05) is 11.7 Å². The summed E-state index contributed by atoms with van der Waals surface area (Å²) in [6.45, 7) is 0. The summed E-state index contributed by atoms with van der Waals surface area (Å²) in [6, 6.07) is 21.3. The second kappa shape index (κ2) is 6.75. The summed E-state index contributed by atoms with van der Waals surface area (Å²) in [5.74, 6) is 0.821. The standard InChI is InChI=1S/C20H22N2O/c1-23-19-9-5-6-16(14-19)20(15-21)12-10-18(11-13-20)22-17-7-3-2-4-8-17/h2-9,14,18,22H,10-13H2,1H3/t18-,20-. The first-order valence-electron chi connectivity index (χ1n) is 8.13.